The van der Waals surface area contributed by atoms with E-state index in [-0.39, 0.29) is 12.5 Å². The van der Waals surface area contributed by atoms with Gasteiger partial charge in [-0.1, -0.05) is 0 Å². The van der Waals surface area contributed by atoms with Gasteiger partial charge in [-0.25, -0.2) is 0 Å². The molecule has 8 heteroatoms. The second kappa shape index (κ2) is 6.27. The van der Waals surface area contributed by atoms with E-state index in [9.17, 15) is 18.3 Å². The number of morpholine rings is 1. The number of hydrogen-bond acceptors (Lipinski definition) is 5. The fourth-order valence-electron chi connectivity index (χ4n) is 1.87. The summed E-state index contributed by atoms with van der Waals surface area (Å²) < 4.78 is 46.2. The lowest BCUT2D eigenvalue weighted by atomic mass is 10.2. The highest BCUT2D eigenvalue weighted by Gasteiger charge is 2.29. The van der Waals surface area contributed by atoms with Crippen molar-refractivity contribution in [1.29, 1.82) is 0 Å². The predicted octanol–water partition coefficient (Wildman–Crippen LogP) is 1.35. The SMILES string of the molecule is OCc1ccc(OCC(F)(F)F)nc1N1CCOCC1. The van der Waals surface area contributed by atoms with Crippen molar-refractivity contribution in [3.8, 4) is 5.88 Å². The van der Waals surface area contributed by atoms with Crippen LogP contribution < -0.4 is 9.64 Å². The van der Waals surface area contributed by atoms with E-state index in [0.29, 0.717) is 37.7 Å². The van der Waals surface area contributed by atoms with Crippen molar-refractivity contribution < 1.29 is 27.8 Å². The molecule has 1 aromatic heterocycles. The minimum absolute atomic E-state index is 0.110. The fraction of sp³-hybridized carbons (Fsp3) is 0.583. The Kier molecular flexibility index (Phi) is 4.66. The number of nitrogens with zero attached hydrogens (tertiary/aromatic N) is 2. The molecular weight excluding hydrogens is 277 g/mol. The van der Waals surface area contributed by atoms with Crippen LogP contribution in [0.4, 0.5) is 19.0 Å². The molecular formula is C12H15F3N2O3. The van der Waals surface area contributed by atoms with Crippen molar-refractivity contribution in [3.63, 3.8) is 0 Å². The summed E-state index contributed by atoms with van der Waals surface area (Å²) in [6.45, 7) is 0.548. The van der Waals surface area contributed by atoms with Crippen molar-refractivity contribution in [2.45, 2.75) is 12.8 Å². The molecule has 20 heavy (non-hydrogen) atoms. The van der Waals surface area contributed by atoms with Crippen molar-refractivity contribution >= 4 is 5.82 Å². The summed E-state index contributed by atoms with van der Waals surface area (Å²) >= 11 is 0. The van der Waals surface area contributed by atoms with Crippen LogP contribution in [0.5, 0.6) is 5.88 Å². The first-order valence-electron chi connectivity index (χ1n) is 6.12. The number of aromatic nitrogens is 1. The quantitative estimate of drug-likeness (QED) is 0.908. The lowest BCUT2D eigenvalue weighted by molar-refractivity contribution is -0.154. The smallest absolute Gasteiger partial charge is 0.422 e. The monoisotopic (exact) mass is 292 g/mol. The van der Waals surface area contributed by atoms with E-state index in [4.69, 9.17) is 4.74 Å². The maximum Gasteiger partial charge on any atom is 0.422 e. The molecule has 0 unspecified atom stereocenters. The van der Waals surface area contributed by atoms with Crippen molar-refractivity contribution in [2.24, 2.45) is 0 Å². The number of ether oxygens (including phenoxy) is 2. The van der Waals surface area contributed by atoms with Gasteiger partial charge in [-0.05, 0) is 6.07 Å². The topological polar surface area (TPSA) is 54.8 Å². The lowest BCUT2D eigenvalue weighted by Crippen LogP contribution is -2.37. The number of pyridine rings is 1. The third-order valence-electron chi connectivity index (χ3n) is 2.80. The summed E-state index contributed by atoms with van der Waals surface area (Å²) in [6, 6.07) is 2.84. The van der Waals surface area contributed by atoms with Gasteiger partial charge in [-0.2, -0.15) is 18.2 Å². The Hall–Kier alpha value is -1.54. The molecule has 0 bridgehead atoms. The Balaban J connectivity index is 2.15. The summed E-state index contributed by atoms with van der Waals surface area (Å²) in [5.74, 6) is 0.330. The zero-order valence-electron chi connectivity index (χ0n) is 10.7. The third kappa shape index (κ3) is 3.97. The number of alkyl halides is 3. The molecule has 1 aliphatic rings. The number of halogens is 3. The van der Waals surface area contributed by atoms with Gasteiger partial charge in [-0.15, -0.1) is 0 Å². The van der Waals surface area contributed by atoms with Gasteiger partial charge in [0, 0.05) is 24.7 Å². The average Bonchev–Trinajstić information content (AvgIpc) is 2.45. The molecule has 1 aliphatic heterocycles. The molecule has 0 aromatic carbocycles. The molecule has 2 rings (SSSR count). The fourth-order valence-corrected chi connectivity index (χ4v) is 1.87. The van der Waals surface area contributed by atoms with E-state index < -0.39 is 12.8 Å². The predicted molar refractivity (Wildman–Crippen MR) is 64.7 cm³/mol. The van der Waals surface area contributed by atoms with Crippen LogP contribution in [-0.4, -0.2) is 49.2 Å². The Bertz CT molecular complexity index is 448. The van der Waals surface area contributed by atoms with Crippen LogP contribution in [0.2, 0.25) is 0 Å². The largest absolute Gasteiger partial charge is 0.468 e. The molecule has 2 heterocycles. The van der Waals surface area contributed by atoms with Gasteiger partial charge in [0.05, 0.1) is 19.8 Å². The molecule has 5 nitrogen and oxygen atoms in total. The highest BCUT2D eigenvalue weighted by atomic mass is 19.4. The van der Waals surface area contributed by atoms with Crippen LogP contribution in [0.15, 0.2) is 12.1 Å². The Labute approximate surface area is 113 Å². The molecule has 0 radical (unpaired) electrons. The van der Waals surface area contributed by atoms with Crippen LogP contribution in [0.1, 0.15) is 5.56 Å². The van der Waals surface area contributed by atoms with Crippen molar-refractivity contribution in [3.05, 3.63) is 17.7 Å². The van der Waals surface area contributed by atoms with Crippen LogP contribution >= 0.6 is 0 Å². The second-order valence-corrected chi connectivity index (χ2v) is 4.29. The normalized spacial score (nSPS) is 16.3. The van der Waals surface area contributed by atoms with Crippen molar-refractivity contribution in [2.75, 3.05) is 37.8 Å². The Morgan fingerprint density at radius 3 is 2.60 bits per heavy atom. The Morgan fingerprint density at radius 2 is 2.00 bits per heavy atom. The summed E-state index contributed by atoms with van der Waals surface area (Å²) in [4.78, 5) is 5.92. The van der Waals surface area contributed by atoms with E-state index in [0.717, 1.165) is 0 Å². The van der Waals surface area contributed by atoms with E-state index in [2.05, 4.69) is 9.72 Å². The van der Waals surface area contributed by atoms with Gasteiger partial charge in [0.1, 0.15) is 5.82 Å². The first-order chi connectivity index (χ1) is 9.49. The second-order valence-electron chi connectivity index (χ2n) is 4.29. The van der Waals surface area contributed by atoms with Crippen molar-refractivity contribution in [1.82, 2.24) is 4.98 Å². The molecule has 0 aliphatic carbocycles. The molecule has 0 atom stereocenters. The summed E-state index contributed by atoms with van der Waals surface area (Å²) in [5.41, 5.74) is 0.547. The van der Waals surface area contributed by atoms with E-state index >= 15 is 0 Å². The van der Waals surface area contributed by atoms with Gasteiger partial charge >= 0.3 is 6.18 Å². The van der Waals surface area contributed by atoms with Crippen LogP contribution in [0.25, 0.3) is 0 Å². The molecule has 1 N–H and O–H groups in total. The first-order valence-corrected chi connectivity index (χ1v) is 6.12. The van der Waals surface area contributed by atoms with Crippen LogP contribution in [-0.2, 0) is 11.3 Å². The van der Waals surface area contributed by atoms with Gasteiger partial charge < -0.3 is 19.5 Å². The number of rotatable bonds is 4. The molecule has 1 fully saturated rings. The summed E-state index contributed by atoms with van der Waals surface area (Å²) in [5, 5.41) is 9.28. The maximum absolute atomic E-state index is 12.1. The number of hydrogen-bond donors (Lipinski definition) is 1. The minimum atomic E-state index is -4.41. The molecule has 112 valence electrons. The molecule has 0 spiro atoms. The standard InChI is InChI=1S/C12H15F3N2O3/c13-12(14,15)8-20-10-2-1-9(7-18)11(16-10)17-3-5-19-6-4-17/h1-2,18H,3-8H2. The first kappa shape index (κ1) is 14.9. The number of anilines is 1. The van der Waals surface area contributed by atoms with Gasteiger partial charge in [-0.3, -0.25) is 0 Å². The zero-order valence-corrected chi connectivity index (χ0v) is 10.7. The Morgan fingerprint density at radius 1 is 1.30 bits per heavy atom. The summed E-state index contributed by atoms with van der Waals surface area (Å²) in [6.07, 6.45) is -4.41. The van der Waals surface area contributed by atoms with E-state index in [1.165, 1.54) is 12.1 Å². The summed E-state index contributed by atoms with van der Waals surface area (Å²) in [7, 11) is 0. The molecule has 0 amide bonds. The maximum atomic E-state index is 12.1. The number of aliphatic hydroxyl groups excluding tert-OH is 1. The highest BCUT2D eigenvalue weighted by Crippen LogP contribution is 2.24. The molecule has 1 saturated heterocycles. The lowest BCUT2D eigenvalue weighted by Gasteiger charge is -2.29. The van der Waals surface area contributed by atoms with Crippen LogP contribution in [0, 0.1) is 0 Å². The zero-order chi connectivity index (χ0) is 14.6. The van der Waals surface area contributed by atoms with E-state index in [1.807, 2.05) is 4.90 Å². The van der Waals surface area contributed by atoms with E-state index in [1.54, 1.807) is 0 Å². The minimum Gasteiger partial charge on any atom is -0.468 e. The van der Waals surface area contributed by atoms with Gasteiger partial charge in [0.2, 0.25) is 5.88 Å². The van der Waals surface area contributed by atoms with Gasteiger partial charge in [0.25, 0.3) is 0 Å². The molecule has 0 saturated carbocycles. The van der Waals surface area contributed by atoms with Crippen LogP contribution in [0.3, 0.4) is 0 Å². The third-order valence-corrected chi connectivity index (χ3v) is 2.80. The average molecular weight is 292 g/mol. The van der Waals surface area contributed by atoms with Gasteiger partial charge in [0.15, 0.2) is 6.61 Å². The highest BCUT2D eigenvalue weighted by molar-refractivity contribution is 5.49. The molecule has 1 aromatic rings. The number of aliphatic hydroxyl groups is 1.